The van der Waals surface area contributed by atoms with Crippen LogP contribution in [0.3, 0.4) is 0 Å². The molecule has 6 aromatic rings. The molecule has 4 N–H and O–H groups in total. The van der Waals surface area contributed by atoms with Crippen molar-refractivity contribution in [3.63, 3.8) is 0 Å². The Morgan fingerprint density at radius 3 is 2.07 bits per heavy atom. The van der Waals surface area contributed by atoms with Gasteiger partial charge in [-0.25, -0.2) is 28.9 Å². The highest BCUT2D eigenvalue weighted by Crippen LogP contribution is 2.48. The normalized spacial score (nSPS) is 22.7. The van der Waals surface area contributed by atoms with Crippen molar-refractivity contribution in [2.75, 3.05) is 27.3 Å². The Hall–Kier alpha value is -6.80. The SMILES string of the molecule is COC(=O)N[C@H](C(=O)N1CCC[C@H]1c1ncc(-c2cc(F)c3c(c2)OC(c2ncc(C)s2)n2c-3cc3cc(-c4cnc([C@@H]5CCCN5C(=O)[C@@H](NC(=O)OC)C5C[C@@H](C)O[C@@H](C)C5)[nH]4)ccc32)[nH]1)C(C)C. The van der Waals surface area contributed by atoms with Crippen molar-refractivity contribution < 1.29 is 42.5 Å². The molecular weight excluding hydrogens is 932 g/mol. The number of nitrogens with zero attached hydrogens (tertiary/aromatic N) is 6. The van der Waals surface area contributed by atoms with Crippen molar-refractivity contribution in [2.45, 2.75) is 116 Å². The van der Waals surface area contributed by atoms with Gasteiger partial charge < -0.3 is 49.3 Å². The molecule has 8 atom stereocenters. The van der Waals surface area contributed by atoms with Crippen LogP contribution in [0.2, 0.25) is 0 Å². The zero-order valence-corrected chi connectivity index (χ0v) is 41.6. The number of thiazole rings is 1. The van der Waals surface area contributed by atoms with Crippen molar-refractivity contribution in [1.82, 2.24) is 49.9 Å². The molecule has 4 amide bonds. The molecule has 374 valence electrons. The lowest BCUT2D eigenvalue weighted by molar-refractivity contribution is -0.138. The maximum Gasteiger partial charge on any atom is 0.407 e. The highest BCUT2D eigenvalue weighted by molar-refractivity contribution is 7.11. The van der Waals surface area contributed by atoms with Gasteiger partial charge in [0.2, 0.25) is 18.0 Å². The van der Waals surface area contributed by atoms with Crippen LogP contribution in [0.25, 0.3) is 44.7 Å². The van der Waals surface area contributed by atoms with E-state index in [4.69, 9.17) is 28.9 Å². The van der Waals surface area contributed by atoms with Crippen LogP contribution in [0.5, 0.6) is 5.75 Å². The Bertz CT molecular complexity index is 2990. The Balaban J connectivity index is 0.939. The second kappa shape index (κ2) is 19.4. The minimum atomic E-state index is -0.777. The second-order valence-electron chi connectivity index (χ2n) is 19.5. The Morgan fingerprint density at radius 1 is 0.817 bits per heavy atom. The molecular formula is C51H59FN10O8S. The first-order chi connectivity index (χ1) is 34.2. The average molecular weight is 991 g/mol. The summed E-state index contributed by atoms with van der Waals surface area (Å²) in [5.74, 6) is 0.374. The lowest BCUT2D eigenvalue weighted by Gasteiger charge is -2.38. The van der Waals surface area contributed by atoms with Crippen LogP contribution < -0.4 is 15.4 Å². The Labute approximate surface area is 414 Å². The van der Waals surface area contributed by atoms with E-state index in [-0.39, 0.29) is 47.9 Å². The van der Waals surface area contributed by atoms with Gasteiger partial charge in [-0.3, -0.25) is 14.2 Å². The minimum absolute atomic E-state index is 0.0533. The molecule has 0 aliphatic carbocycles. The Kier molecular flexibility index (Phi) is 13.1. The summed E-state index contributed by atoms with van der Waals surface area (Å²) in [6.07, 6.45) is 7.25. The third-order valence-corrected chi connectivity index (χ3v) is 15.3. The smallest absolute Gasteiger partial charge is 0.407 e. The number of fused-ring (bicyclic) bond motifs is 5. The first-order valence-corrected chi connectivity index (χ1v) is 25.1. The Morgan fingerprint density at radius 2 is 1.45 bits per heavy atom. The van der Waals surface area contributed by atoms with Crippen LogP contribution in [-0.4, -0.2) is 115 Å². The zero-order valence-electron chi connectivity index (χ0n) is 40.8. The largest absolute Gasteiger partial charge is 0.462 e. The van der Waals surface area contributed by atoms with E-state index < -0.39 is 36.3 Å². The predicted molar refractivity (Wildman–Crippen MR) is 262 cm³/mol. The van der Waals surface area contributed by atoms with Crippen LogP contribution in [0.1, 0.15) is 106 Å². The number of hydrogen-bond acceptors (Lipinski definition) is 12. The highest BCUT2D eigenvalue weighted by Gasteiger charge is 2.43. The molecule has 2 unspecified atom stereocenters. The van der Waals surface area contributed by atoms with Gasteiger partial charge in [-0.05, 0) is 101 Å². The number of carbonyl (C=O) groups excluding carboxylic acids is 4. The molecule has 2 aromatic carbocycles. The fourth-order valence-electron chi connectivity index (χ4n) is 11.0. The number of likely N-dealkylation sites (tertiary alicyclic amines) is 2. The number of halogens is 1. The number of amides is 4. The number of benzene rings is 2. The summed E-state index contributed by atoms with van der Waals surface area (Å²) in [5.41, 5.74) is 4.42. The molecule has 18 nitrogen and oxygen atoms in total. The molecule has 10 rings (SSSR count). The summed E-state index contributed by atoms with van der Waals surface area (Å²) >= 11 is 1.50. The van der Waals surface area contributed by atoms with Gasteiger partial charge in [-0.15, -0.1) is 11.3 Å². The summed E-state index contributed by atoms with van der Waals surface area (Å²) in [6, 6.07) is 9.02. The third kappa shape index (κ3) is 9.11. The molecule has 4 aliphatic rings. The molecule has 3 saturated heterocycles. The van der Waals surface area contributed by atoms with Crippen LogP contribution in [0, 0.1) is 24.6 Å². The van der Waals surface area contributed by atoms with E-state index in [0.717, 1.165) is 39.9 Å². The average Bonchev–Trinajstić information content (AvgIpc) is 4.22. The van der Waals surface area contributed by atoms with E-state index in [0.29, 0.717) is 83.7 Å². The maximum atomic E-state index is 16.9. The number of ether oxygens (including phenoxy) is 4. The number of H-pyrrole nitrogens is 2. The number of aromatic nitrogens is 6. The molecule has 0 saturated carbocycles. The number of alkyl carbamates (subject to hydrolysis) is 2. The fraction of sp³-hybridized carbons (Fsp3) is 0.471. The van der Waals surface area contributed by atoms with Crippen molar-refractivity contribution >= 4 is 46.2 Å². The lowest BCUT2D eigenvalue weighted by atomic mass is 9.85. The van der Waals surface area contributed by atoms with Gasteiger partial charge in [-0.2, -0.15) is 0 Å². The first kappa shape index (κ1) is 47.9. The molecule has 4 aromatic heterocycles. The zero-order chi connectivity index (χ0) is 49.8. The van der Waals surface area contributed by atoms with Gasteiger partial charge in [0.05, 0.1) is 79.1 Å². The van der Waals surface area contributed by atoms with Crippen LogP contribution in [0.15, 0.2) is 55.0 Å². The third-order valence-electron chi connectivity index (χ3n) is 14.3. The number of hydrogen-bond donors (Lipinski definition) is 4. The molecule has 4 aliphatic heterocycles. The summed E-state index contributed by atoms with van der Waals surface area (Å²) < 4.78 is 41.3. The summed E-state index contributed by atoms with van der Waals surface area (Å²) in [4.78, 5) is 78.6. The van der Waals surface area contributed by atoms with Gasteiger partial charge in [0, 0.05) is 40.7 Å². The van der Waals surface area contributed by atoms with Crippen molar-refractivity contribution in [1.29, 1.82) is 0 Å². The molecule has 3 fully saturated rings. The standard InChI is InChI=1S/C51H59FN10O8S/c1-25(2)42(58-50(65)67-6)47(63)60-14-8-10-37(60)45-54-24-35(57-45)30-19-33(52)41-39-20-31-18-29(12-13-36(31)62(39)49(70-40(41)21-30)46-55-22-28(5)71-46)34-23-53-44(56-34)38-11-9-15-61(38)48(64)43(59-51(66)68-7)32-16-26(3)69-27(4)17-32/h12-13,18-27,32,37-38,42-43,49H,8-11,14-17H2,1-7H3,(H,53,56)(H,54,57)(H,58,65)(H,59,66)/t26-,27+,32?,37-,38-,42-,43-,49?/m0/s1. The summed E-state index contributed by atoms with van der Waals surface area (Å²) in [5, 5.41) is 7.08. The molecule has 20 heteroatoms. The summed E-state index contributed by atoms with van der Waals surface area (Å²) in [7, 11) is 2.56. The predicted octanol–water partition coefficient (Wildman–Crippen LogP) is 8.57. The summed E-state index contributed by atoms with van der Waals surface area (Å²) in [6.45, 7) is 10.7. The van der Waals surface area contributed by atoms with E-state index >= 15 is 4.39 Å². The van der Waals surface area contributed by atoms with Gasteiger partial charge in [0.1, 0.15) is 35.3 Å². The van der Waals surface area contributed by atoms with Crippen LogP contribution in [-0.2, 0) is 23.8 Å². The number of nitrogens with one attached hydrogen (secondary N) is 4. The van der Waals surface area contributed by atoms with Crippen molar-refractivity contribution in [3.8, 4) is 39.5 Å². The van der Waals surface area contributed by atoms with Gasteiger partial charge >= 0.3 is 12.2 Å². The van der Waals surface area contributed by atoms with Crippen LogP contribution >= 0.6 is 11.3 Å². The lowest BCUT2D eigenvalue weighted by Crippen LogP contribution is -2.54. The van der Waals surface area contributed by atoms with E-state index in [1.165, 1.54) is 31.6 Å². The monoisotopic (exact) mass is 990 g/mol. The van der Waals surface area contributed by atoms with E-state index in [9.17, 15) is 19.2 Å². The van der Waals surface area contributed by atoms with Crippen LogP contribution in [0.4, 0.5) is 14.0 Å². The fourth-order valence-corrected chi connectivity index (χ4v) is 11.8. The molecule has 8 heterocycles. The quantitative estimate of drug-likeness (QED) is 0.0966. The number of aryl methyl sites for hydroxylation is 1. The van der Waals surface area contributed by atoms with Gasteiger partial charge in [0.15, 0.2) is 5.01 Å². The van der Waals surface area contributed by atoms with Gasteiger partial charge in [-0.1, -0.05) is 19.9 Å². The number of rotatable bonds is 11. The van der Waals surface area contributed by atoms with Crippen molar-refractivity contribution in [2.24, 2.45) is 11.8 Å². The van der Waals surface area contributed by atoms with Gasteiger partial charge in [0.25, 0.3) is 0 Å². The number of methoxy groups -OCH3 is 2. The first-order valence-electron chi connectivity index (χ1n) is 24.3. The topological polar surface area (TPSA) is 211 Å². The second-order valence-corrected chi connectivity index (χ2v) is 20.8. The molecule has 0 bridgehead atoms. The molecule has 0 radical (unpaired) electrons. The van der Waals surface area contributed by atoms with E-state index in [1.54, 1.807) is 23.5 Å². The maximum absolute atomic E-state index is 16.9. The van der Waals surface area contributed by atoms with E-state index in [1.807, 2.05) is 74.4 Å². The highest BCUT2D eigenvalue weighted by atomic mass is 32.1. The van der Waals surface area contributed by atoms with E-state index in [2.05, 4.69) is 25.6 Å². The number of imidazole rings is 2. The minimum Gasteiger partial charge on any atom is -0.462 e. The molecule has 0 spiro atoms. The number of carbonyl (C=O) groups is 4. The molecule has 71 heavy (non-hydrogen) atoms. The van der Waals surface area contributed by atoms with Crippen molar-refractivity contribution in [3.05, 3.63) is 82.3 Å². The number of aromatic amines is 2.